The molecule has 5 heteroatoms. The Morgan fingerprint density at radius 3 is 2.82 bits per heavy atom. The Morgan fingerprint density at radius 1 is 1.36 bits per heavy atom. The maximum atomic E-state index is 12.5. The summed E-state index contributed by atoms with van der Waals surface area (Å²) in [6.07, 6.45) is 4.64. The van der Waals surface area contributed by atoms with E-state index in [0.717, 1.165) is 19.3 Å². The van der Waals surface area contributed by atoms with Crippen molar-refractivity contribution in [3.05, 3.63) is 24.2 Å². The van der Waals surface area contributed by atoms with Crippen LogP contribution in [0.3, 0.4) is 0 Å². The average Bonchev–Trinajstić information content (AvgIpc) is 3.00. The van der Waals surface area contributed by atoms with Gasteiger partial charge in [-0.1, -0.05) is 20.8 Å². The number of furan rings is 1. The van der Waals surface area contributed by atoms with Crippen LogP contribution in [0.1, 0.15) is 45.8 Å². The van der Waals surface area contributed by atoms with Crippen LogP contribution in [0.5, 0.6) is 0 Å². The molecule has 1 saturated carbocycles. The number of carbonyl (C=O) groups excluding carboxylic acids is 2. The number of rotatable bonds is 2. The molecule has 1 N–H and O–H groups in total. The zero-order chi connectivity index (χ0) is 16.0. The third kappa shape index (κ3) is 2.89. The molecule has 1 saturated heterocycles. The largest absolute Gasteiger partial charge is 0.467 e. The van der Waals surface area contributed by atoms with Gasteiger partial charge in [0.05, 0.1) is 12.8 Å². The maximum Gasteiger partial charge on any atom is 0.312 e. The number of nitrogens with one attached hydrogen (secondary N) is 1. The molecule has 120 valence electrons. The highest BCUT2D eigenvalue weighted by Crippen LogP contribution is 2.52. The van der Waals surface area contributed by atoms with Crippen molar-refractivity contribution < 1.29 is 14.0 Å². The van der Waals surface area contributed by atoms with Crippen molar-refractivity contribution in [1.29, 1.82) is 0 Å². The fourth-order valence-electron chi connectivity index (χ4n) is 4.48. The van der Waals surface area contributed by atoms with E-state index in [-0.39, 0.29) is 23.4 Å². The molecule has 2 unspecified atom stereocenters. The Hall–Kier alpha value is -1.78. The van der Waals surface area contributed by atoms with Gasteiger partial charge in [0.1, 0.15) is 5.76 Å². The first-order valence-corrected chi connectivity index (χ1v) is 7.89. The van der Waals surface area contributed by atoms with Crippen LogP contribution >= 0.6 is 0 Å². The molecule has 2 fully saturated rings. The quantitative estimate of drug-likeness (QED) is 0.853. The summed E-state index contributed by atoms with van der Waals surface area (Å²) in [5.41, 5.74) is 0.376. The van der Waals surface area contributed by atoms with Crippen molar-refractivity contribution in [1.82, 2.24) is 10.2 Å². The van der Waals surface area contributed by atoms with E-state index in [2.05, 4.69) is 26.1 Å². The first kappa shape index (κ1) is 15.1. The lowest BCUT2D eigenvalue weighted by molar-refractivity contribution is -0.146. The average molecular weight is 304 g/mol. The van der Waals surface area contributed by atoms with Gasteiger partial charge in [0.2, 0.25) is 0 Å². The highest BCUT2D eigenvalue weighted by molar-refractivity contribution is 6.35. The van der Waals surface area contributed by atoms with Crippen LogP contribution in [-0.4, -0.2) is 29.3 Å². The number of hydrogen-bond donors (Lipinski definition) is 1. The third-order valence-corrected chi connectivity index (χ3v) is 4.87. The fraction of sp³-hybridized carbons (Fsp3) is 0.647. The van der Waals surface area contributed by atoms with E-state index in [4.69, 9.17) is 4.42 Å². The van der Waals surface area contributed by atoms with E-state index in [1.807, 2.05) is 0 Å². The summed E-state index contributed by atoms with van der Waals surface area (Å²) in [6, 6.07) is 3.73. The molecule has 1 aromatic heterocycles. The van der Waals surface area contributed by atoms with Crippen LogP contribution in [0.2, 0.25) is 0 Å². The number of likely N-dealkylation sites (tertiary alicyclic amines) is 1. The Bertz CT molecular complexity index is 579. The molecule has 22 heavy (non-hydrogen) atoms. The lowest BCUT2D eigenvalue weighted by Crippen LogP contribution is -2.45. The summed E-state index contributed by atoms with van der Waals surface area (Å²) in [5, 5.41) is 2.65. The maximum absolute atomic E-state index is 12.5. The predicted molar refractivity (Wildman–Crippen MR) is 81.8 cm³/mol. The molecular formula is C17H24N2O3. The van der Waals surface area contributed by atoms with Crippen LogP contribution in [0.4, 0.5) is 0 Å². The molecule has 0 aromatic carbocycles. The van der Waals surface area contributed by atoms with Crippen LogP contribution in [0, 0.1) is 10.8 Å². The molecule has 2 bridgehead atoms. The SMILES string of the molecule is CC1(C)CC2CC(C)(CN2C(=O)C(=O)NCc2ccco2)C1. The van der Waals surface area contributed by atoms with E-state index in [1.54, 1.807) is 23.3 Å². The monoisotopic (exact) mass is 304 g/mol. The Labute approximate surface area is 131 Å². The van der Waals surface area contributed by atoms with Crippen molar-refractivity contribution >= 4 is 11.8 Å². The van der Waals surface area contributed by atoms with Gasteiger partial charge < -0.3 is 14.6 Å². The highest BCUT2D eigenvalue weighted by atomic mass is 16.3. The van der Waals surface area contributed by atoms with Gasteiger partial charge in [0.25, 0.3) is 0 Å². The molecule has 1 aliphatic heterocycles. The van der Waals surface area contributed by atoms with E-state index in [9.17, 15) is 9.59 Å². The summed E-state index contributed by atoms with van der Waals surface area (Å²) in [4.78, 5) is 26.4. The Balaban J connectivity index is 1.64. The molecule has 2 amide bonds. The van der Waals surface area contributed by atoms with Crippen LogP contribution in [0.15, 0.2) is 22.8 Å². The molecule has 3 rings (SSSR count). The highest BCUT2D eigenvalue weighted by Gasteiger charge is 2.51. The van der Waals surface area contributed by atoms with Gasteiger partial charge in [-0.3, -0.25) is 9.59 Å². The van der Waals surface area contributed by atoms with Gasteiger partial charge in [-0.25, -0.2) is 0 Å². The molecule has 0 spiro atoms. The molecular weight excluding hydrogens is 280 g/mol. The van der Waals surface area contributed by atoms with Gasteiger partial charge in [-0.05, 0) is 42.2 Å². The number of hydrogen-bond acceptors (Lipinski definition) is 3. The first-order valence-electron chi connectivity index (χ1n) is 7.89. The smallest absolute Gasteiger partial charge is 0.312 e. The van der Waals surface area contributed by atoms with E-state index < -0.39 is 11.8 Å². The second kappa shape index (κ2) is 5.14. The zero-order valence-electron chi connectivity index (χ0n) is 13.5. The van der Waals surface area contributed by atoms with Gasteiger partial charge >= 0.3 is 11.8 Å². The molecule has 1 aromatic rings. The number of fused-ring (bicyclic) bond motifs is 2. The number of nitrogens with zero attached hydrogens (tertiary/aromatic N) is 1. The van der Waals surface area contributed by atoms with Gasteiger partial charge in [0, 0.05) is 12.6 Å². The number of carbonyl (C=O) groups is 2. The molecule has 2 aliphatic rings. The van der Waals surface area contributed by atoms with Gasteiger partial charge in [-0.2, -0.15) is 0 Å². The minimum Gasteiger partial charge on any atom is -0.467 e. The third-order valence-electron chi connectivity index (χ3n) is 4.87. The summed E-state index contributed by atoms with van der Waals surface area (Å²) < 4.78 is 5.16. The van der Waals surface area contributed by atoms with Crippen molar-refractivity contribution in [2.75, 3.05) is 6.54 Å². The standard InChI is InChI=1S/C17H24N2O3/c1-16(2)7-12-8-17(3,10-16)11-19(12)15(21)14(20)18-9-13-5-4-6-22-13/h4-6,12H,7-11H2,1-3H3,(H,18,20). The van der Waals surface area contributed by atoms with Gasteiger partial charge in [0.15, 0.2) is 0 Å². The Kier molecular flexibility index (Phi) is 3.54. The Morgan fingerprint density at radius 2 is 2.14 bits per heavy atom. The first-order chi connectivity index (χ1) is 10.3. The minimum atomic E-state index is -0.537. The van der Waals surface area contributed by atoms with Crippen molar-refractivity contribution in [3.8, 4) is 0 Å². The number of amides is 2. The zero-order valence-corrected chi connectivity index (χ0v) is 13.5. The lowest BCUT2D eigenvalue weighted by atomic mass is 9.65. The molecule has 1 aliphatic carbocycles. The molecule has 5 nitrogen and oxygen atoms in total. The second-order valence-corrected chi connectivity index (χ2v) is 7.91. The summed E-state index contributed by atoms with van der Waals surface area (Å²) in [6.45, 7) is 7.67. The van der Waals surface area contributed by atoms with E-state index >= 15 is 0 Å². The molecule has 2 atom stereocenters. The van der Waals surface area contributed by atoms with Crippen LogP contribution < -0.4 is 5.32 Å². The lowest BCUT2D eigenvalue weighted by Gasteiger charge is -2.39. The summed E-state index contributed by atoms with van der Waals surface area (Å²) in [7, 11) is 0. The van der Waals surface area contributed by atoms with E-state index in [1.165, 1.54) is 0 Å². The minimum absolute atomic E-state index is 0.142. The van der Waals surface area contributed by atoms with Crippen molar-refractivity contribution in [3.63, 3.8) is 0 Å². The van der Waals surface area contributed by atoms with E-state index in [0.29, 0.717) is 12.3 Å². The second-order valence-electron chi connectivity index (χ2n) is 7.91. The fourth-order valence-corrected chi connectivity index (χ4v) is 4.48. The van der Waals surface area contributed by atoms with Crippen molar-refractivity contribution in [2.45, 2.75) is 52.6 Å². The summed E-state index contributed by atoms with van der Waals surface area (Å²) in [5.74, 6) is -0.294. The van der Waals surface area contributed by atoms with Crippen LogP contribution in [-0.2, 0) is 16.1 Å². The summed E-state index contributed by atoms with van der Waals surface area (Å²) >= 11 is 0. The van der Waals surface area contributed by atoms with Gasteiger partial charge in [-0.15, -0.1) is 0 Å². The normalized spacial score (nSPS) is 29.4. The molecule has 2 heterocycles. The van der Waals surface area contributed by atoms with Crippen molar-refractivity contribution in [2.24, 2.45) is 10.8 Å². The topological polar surface area (TPSA) is 62.6 Å². The predicted octanol–water partition coefficient (Wildman–Crippen LogP) is 2.32. The molecule has 0 radical (unpaired) electrons. The van der Waals surface area contributed by atoms with Crippen LogP contribution in [0.25, 0.3) is 0 Å².